The number of aryl methyl sites for hydroxylation is 1. The predicted octanol–water partition coefficient (Wildman–Crippen LogP) is 3.45. The first kappa shape index (κ1) is 20.5. The number of esters is 2. The van der Waals surface area contributed by atoms with Crippen LogP contribution in [0, 0.1) is 6.92 Å². The number of para-hydroxylation sites is 1. The van der Waals surface area contributed by atoms with Crippen molar-refractivity contribution in [2.45, 2.75) is 18.7 Å². The van der Waals surface area contributed by atoms with Crippen LogP contribution in [-0.2, 0) is 19.1 Å². The largest absolute Gasteiger partial charge is 0.462 e. The van der Waals surface area contributed by atoms with Crippen molar-refractivity contribution in [1.82, 2.24) is 0 Å². The van der Waals surface area contributed by atoms with Gasteiger partial charge in [-0.1, -0.05) is 30.3 Å². The van der Waals surface area contributed by atoms with Gasteiger partial charge in [0.25, 0.3) is 5.91 Å². The highest BCUT2D eigenvalue weighted by Gasteiger charge is 2.15. The Morgan fingerprint density at radius 3 is 2.44 bits per heavy atom. The van der Waals surface area contributed by atoms with Crippen molar-refractivity contribution in [1.29, 1.82) is 0 Å². The monoisotopic (exact) mass is 387 g/mol. The molecule has 0 spiro atoms. The molecule has 0 aliphatic rings. The molecular weight excluding hydrogens is 366 g/mol. The van der Waals surface area contributed by atoms with Gasteiger partial charge in [-0.2, -0.15) is 0 Å². The Bertz CT molecular complexity index is 822. The number of amides is 1. The summed E-state index contributed by atoms with van der Waals surface area (Å²) in [6.07, 6.45) is 0. The number of carbonyl (C=O) groups is 3. The van der Waals surface area contributed by atoms with Crippen molar-refractivity contribution in [3.8, 4) is 0 Å². The van der Waals surface area contributed by atoms with E-state index in [1.165, 1.54) is 11.8 Å². The summed E-state index contributed by atoms with van der Waals surface area (Å²) in [5.41, 5.74) is 1.63. The highest BCUT2D eigenvalue weighted by atomic mass is 32.2. The molecule has 0 bridgehead atoms. The van der Waals surface area contributed by atoms with Crippen molar-refractivity contribution < 1.29 is 23.9 Å². The number of ether oxygens (including phenoxy) is 2. The van der Waals surface area contributed by atoms with Gasteiger partial charge in [0.1, 0.15) is 0 Å². The van der Waals surface area contributed by atoms with E-state index in [1.807, 2.05) is 31.2 Å². The number of carbonyl (C=O) groups excluding carboxylic acids is 3. The van der Waals surface area contributed by atoms with Crippen LogP contribution >= 0.6 is 11.8 Å². The molecule has 0 aromatic heterocycles. The van der Waals surface area contributed by atoms with Gasteiger partial charge in [-0.05, 0) is 37.6 Å². The van der Waals surface area contributed by atoms with Crippen LogP contribution in [0.5, 0.6) is 0 Å². The number of hydrogen-bond acceptors (Lipinski definition) is 6. The van der Waals surface area contributed by atoms with E-state index in [0.717, 1.165) is 10.5 Å². The van der Waals surface area contributed by atoms with Crippen LogP contribution in [0.25, 0.3) is 0 Å². The molecular formula is C20H21NO5S. The average Bonchev–Trinajstić information content (AvgIpc) is 2.66. The van der Waals surface area contributed by atoms with E-state index in [9.17, 15) is 14.4 Å². The molecule has 7 heteroatoms. The first-order chi connectivity index (χ1) is 13.0. The van der Waals surface area contributed by atoms with Crippen LogP contribution in [0.1, 0.15) is 22.8 Å². The molecule has 0 saturated heterocycles. The topological polar surface area (TPSA) is 81.7 Å². The van der Waals surface area contributed by atoms with Gasteiger partial charge in [0.05, 0.1) is 23.6 Å². The van der Waals surface area contributed by atoms with Crippen LogP contribution < -0.4 is 5.32 Å². The van der Waals surface area contributed by atoms with Crippen LogP contribution in [0.4, 0.5) is 5.69 Å². The van der Waals surface area contributed by atoms with Crippen LogP contribution in [0.2, 0.25) is 0 Å². The summed E-state index contributed by atoms with van der Waals surface area (Å²) in [7, 11) is 0. The maximum absolute atomic E-state index is 12.0. The highest BCUT2D eigenvalue weighted by Crippen LogP contribution is 2.21. The van der Waals surface area contributed by atoms with E-state index >= 15 is 0 Å². The second kappa shape index (κ2) is 10.4. The van der Waals surface area contributed by atoms with Gasteiger partial charge in [-0.3, -0.25) is 9.59 Å². The highest BCUT2D eigenvalue weighted by molar-refractivity contribution is 8.00. The fourth-order valence-electron chi connectivity index (χ4n) is 2.21. The van der Waals surface area contributed by atoms with E-state index in [2.05, 4.69) is 5.32 Å². The second-order valence-corrected chi connectivity index (χ2v) is 6.55. The van der Waals surface area contributed by atoms with Gasteiger partial charge >= 0.3 is 11.9 Å². The predicted molar refractivity (Wildman–Crippen MR) is 104 cm³/mol. The third-order valence-corrected chi connectivity index (χ3v) is 4.65. The minimum atomic E-state index is -0.528. The average molecular weight is 387 g/mol. The summed E-state index contributed by atoms with van der Waals surface area (Å²) in [4.78, 5) is 36.8. The number of anilines is 1. The second-order valence-electron chi connectivity index (χ2n) is 5.53. The van der Waals surface area contributed by atoms with Gasteiger partial charge < -0.3 is 14.8 Å². The van der Waals surface area contributed by atoms with Crippen molar-refractivity contribution in [2.75, 3.05) is 24.3 Å². The van der Waals surface area contributed by atoms with E-state index < -0.39 is 24.5 Å². The summed E-state index contributed by atoms with van der Waals surface area (Å²) in [6.45, 7) is 3.47. The summed E-state index contributed by atoms with van der Waals surface area (Å²) < 4.78 is 9.95. The van der Waals surface area contributed by atoms with Crippen LogP contribution in [0.3, 0.4) is 0 Å². The van der Waals surface area contributed by atoms with E-state index in [0.29, 0.717) is 5.69 Å². The Kier molecular flexibility index (Phi) is 7.88. The molecule has 0 unspecified atom stereocenters. The molecule has 0 fully saturated rings. The molecule has 0 atom stereocenters. The fourth-order valence-corrected chi connectivity index (χ4v) is 3.04. The lowest BCUT2D eigenvalue weighted by molar-refractivity contribution is -0.144. The van der Waals surface area contributed by atoms with E-state index in [-0.39, 0.29) is 17.9 Å². The lowest BCUT2D eigenvalue weighted by Gasteiger charge is -2.10. The third kappa shape index (κ3) is 6.45. The Balaban J connectivity index is 1.83. The summed E-state index contributed by atoms with van der Waals surface area (Å²) >= 11 is 1.36. The molecule has 0 radical (unpaired) electrons. The molecule has 2 aromatic rings. The minimum absolute atomic E-state index is 0.109. The Labute approximate surface area is 162 Å². The summed E-state index contributed by atoms with van der Waals surface area (Å²) in [5, 5.41) is 2.56. The number of rotatable bonds is 8. The van der Waals surface area contributed by atoms with Gasteiger partial charge in [0.2, 0.25) is 0 Å². The molecule has 0 aliphatic heterocycles. The molecule has 1 amide bonds. The lowest BCUT2D eigenvalue weighted by atomic mass is 10.2. The zero-order valence-corrected chi connectivity index (χ0v) is 16.0. The molecule has 2 rings (SSSR count). The number of benzene rings is 2. The van der Waals surface area contributed by atoms with Gasteiger partial charge in [0.15, 0.2) is 6.61 Å². The molecule has 1 N–H and O–H groups in total. The maximum Gasteiger partial charge on any atom is 0.340 e. The van der Waals surface area contributed by atoms with Crippen LogP contribution in [0.15, 0.2) is 53.4 Å². The minimum Gasteiger partial charge on any atom is -0.462 e. The first-order valence-electron chi connectivity index (χ1n) is 8.41. The fraction of sp³-hybridized carbons (Fsp3) is 0.250. The molecule has 27 heavy (non-hydrogen) atoms. The standard InChI is InChI=1S/C20H21NO5S/c1-3-25-20(24)15-9-5-6-10-16(15)21-18(22)12-26-19(23)13-27-17-11-7-4-8-14(17)2/h4-11H,3,12-13H2,1-2H3,(H,21,22). The van der Waals surface area contributed by atoms with Gasteiger partial charge in [-0.25, -0.2) is 4.79 Å². The molecule has 0 heterocycles. The molecule has 6 nitrogen and oxygen atoms in total. The smallest absolute Gasteiger partial charge is 0.340 e. The third-order valence-electron chi connectivity index (χ3n) is 3.50. The van der Waals surface area contributed by atoms with Crippen molar-refractivity contribution in [2.24, 2.45) is 0 Å². The Morgan fingerprint density at radius 1 is 1.00 bits per heavy atom. The summed E-state index contributed by atoms with van der Waals surface area (Å²) in [6, 6.07) is 14.2. The molecule has 2 aromatic carbocycles. The maximum atomic E-state index is 12.0. The van der Waals surface area contributed by atoms with Crippen molar-refractivity contribution in [3.63, 3.8) is 0 Å². The SMILES string of the molecule is CCOC(=O)c1ccccc1NC(=O)COC(=O)CSc1ccccc1C. The number of hydrogen-bond donors (Lipinski definition) is 1. The zero-order chi connectivity index (χ0) is 19.6. The van der Waals surface area contributed by atoms with E-state index in [4.69, 9.17) is 9.47 Å². The zero-order valence-electron chi connectivity index (χ0n) is 15.2. The van der Waals surface area contributed by atoms with E-state index in [1.54, 1.807) is 31.2 Å². The number of nitrogens with one attached hydrogen (secondary N) is 1. The quantitative estimate of drug-likeness (QED) is 0.552. The first-order valence-corrected chi connectivity index (χ1v) is 9.40. The van der Waals surface area contributed by atoms with Crippen LogP contribution in [-0.4, -0.2) is 36.8 Å². The van der Waals surface area contributed by atoms with Crippen molar-refractivity contribution >= 4 is 35.3 Å². The van der Waals surface area contributed by atoms with Crippen molar-refractivity contribution in [3.05, 3.63) is 59.7 Å². The molecule has 142 valence electrons. The van der Waals surface area contributed by atoms with Gasteiger partial charge in [0, 0.05) is 4.90 Å². The normalized spacial score (nSPS) is 10.1. The molecule has 0 saturated carbocycles. The van der Waals surface area contributed by atoms with Gasteiger partial charge in [-0.15, -0.1) is 11.8 Å². The number of thioether (sulfide) groups is 1. The summed E-state index contributed by atoms with van der Waals surface area (Å²) in [5.74, 6) is -1.43. The lowest BCUT2D eigenvalue weighted by Crippen LogP contribution is -2.23. The Morgan fingerprint density at radius 2 is 1.70 bits per heavy atom. The molecule has 0 aliphatic carbocycles. The Hall–Kier alpha value is -2.80.